The van der Waals surface area contributed by atoms with Crippen LogP contribution in [0.4, 0.5) is 4.79 Å². The predicted molar refractivity (Wildman–Crippen MR) is 110 cm³/mol. The van der Waals surface area contributed by atoms with Crippen molar-refractivity contribution in [2.75, 3.05) is 41.0 Å². The van der Waals surface area contributed by atoms with E-state index in [2.05, 4.69) is 10.6 Å². The number of urea groups is 1. The zero-order valence-electron chi connectivity index (χ0n) is 18.1. The SMILES string of the molecule is CCCCNC(=O)NC(=O)C[NH+]1CCc2cc(OC)c(OC)cc2[C@H]1CC(=O)OC. The Bertz CT molecular complexity index is 767. The van der Waals surface area contributed by atoms with Crippen molar-refractivity contribution < 1.29 is 33.5 Å². The van der Waals surface area contributed by atoms with Crippen molar-refractivity contribution in [2.45, 2.75) is 38.6 Å². The number of hydrogen-bond acceptors (Lipinski definition) is 6. The van der Waals surface area contributed by atoms with Crippen LogP contribution in [-0.2, 0) is 20.7 Å². The molecule has 9 heteroatoms. The van der Waals surface area contributed by atoms with Crippen molar-refractivity contribution in [1.82, 2.24) is 10.6 Å². The Balaban J connectivity index is 2.18. The lowest BCUT2D eigenvalue weighted by molar-refractivity contribution is -0.925. The summed E-state index contributed by atoms with van der Waals surface area (Å²) in [6, 6.07) is 2.98. The van der Waals surface area contributed by atoms with Crippen LogP contribution in [0.15, 0.2) is 12.1 Å². The zero-order chi connectivity index (χ0) is 22.1. The third kappa shape index (κ3) is 6.09. The second kappa shape index (κ2) is 11.4. The molecule has 0 fully saturated rings. The molecule has 30 heavy (non-hydrogen) atoms. The summed E-state index contributed by atoms with van der Waals surface area (Å²) in [4.78, 5) is 37.3. The monoisotopic (exact) mass is 422 g/mol. The van der Waals surface area contributed by atoms with Gasteiger partial charge in [-0.05, 0) is 24.1 Å². The van der Waals surface area contributed by atoms with Gasteiger partial charge in [-0.3, -0.25) is 14.9 Å². The second-order valence-electron chi connectivity index (χ2n) is 7.23. The second-order valence-corrected chi connectivity index (χ2v) is 7.23. The molecule has 0 aromatic heterocycles. The maximum atomic E-state index is 12.4. The Kier molecular flexibility index (Phi) is 8.91. The smallest absolute Gasteiger partial charge is 0.321 e. The van der Waals surface area contributed by atoms with Crippen molar-refractivity contribution in [3.63, 3.8) is 0 Å². The number of carbonyl (C=O) groups excluding carboxylic acids is 3. The summed E-state index contributed by atoms with van der Waals surface area (Å²) >= 11 is 0. The van der Waals surface area contributed by atoms with Gasteiger partial charge in [0.05, 0.1) is 27.9 Å². The summed E-state index contributed by atoms with van der Waals surface area (Å²) in [7, 11) is 4.47. The largest absolute Gasteiger partial charge is 0.493 e. The van der Waals surface area contributed by atoms with Crippen LogP contribution in [0.5, 0.6) is 11.5 Å². The van der Waals surface area contributed by atoms with Gasteiger partial charge in [-0.25, -0.2) is 4.79 Å². The molecule has 1 aromatic rings. The fourth-order valence-corrected chi connectivity index (χ4v) is 3.68. The van der Waals surface area contributed by atoms with Crippen LogP contribution >= 0.6 is 0 Å². The first-order valence-corrected chi connectivity index (χ1v) is 10.2. The number of esters is 1. The fourth-order valence-electron chi connectivity index (χ4n) is 3.68. The summed E-state index contributed by atoms with van der Waals surface area (Å²) in [5.41, 5.74) is 1.96. The lowest BCUT2D eigenvalue weighted by atomic mass is 9.90. The number of nitrogens with one attached hydrogen (secondary N) is 3. The maximum Gasteiger partial charge on any atom is 0.321 e. The molecule has 1 aliphatic rings. The number of fused-ring (bicyclic) bond motifs is 1. The Morgan fingerprint density at radius 1 is 1.13 bits per heavy atom. The van der Waals surface area contributed by atoms with E-state index in [-0.39, 0.29) is 25.0 Å². The van der Waals surface area contributed by atoms with Gasteiger partial charge in [0.1, 0.15) is 12.5 Å². The van der Waals surface area contributed by atoms with Crippen LogP contribution < -0.4 is 25.0 Å². The molecule has 1 aromatic carbocycles. The molecule has 3 N–H and O–H groups in total. The van der Waals surface area contributed by atoms with Crippen LogP contribution in [0.2, 0.25) is 0 Å². The van der Waals surface area contributed by atoms with Gasteiger partial charge in [0.15, 0.2) is 18.0 Å². The van der Waals surface area contributed by atoms with Crippen molar-refractivity contribution in [1.29, 1.82) is 0 Å². The Morgan fingerprint density at radius 3 is 2.47 bits per heavy atom. The van der Waals surface area contributed by atoms with Crippen LogP contribution in [-0.4, -0.2) is 58.9 Å². The molecule has 1 unspecified atom stereocenters. The predicted octanol–water partition coefficient (Wildman–Crippen LogP) is 0.375. The Labute approximate surface area is 177 Å². The van der Waals surface area contributed by atoms with E-state index in [4.69, 9.17) is 14.2 Å². The molecule has 0 radical (unpaired) electrons. The summed E-state index contributed by atoms with van der Waals surface area (Å²) < 4.78 is 15.7. The molecule has 166 valence electrons. The summed E-state index contributed by atoms with van der Waals surface area (Å²) in [6.07, 6.45) is 2.63. The topological polar surface area (TPSA) is 107 Å². The van der Waals surface area contributed by atoms with Crippen LogP contribution in [0, 0.1) is 0 Å². The van der Waals surface area contributed by atoms with Gasteiger partial charge in [0, 0.05) is 18.5 Å². The number of benzene rings is 1. The highest BCUT2D eigenvalue weighted by molar-refractivity contribution is 5.94. The Morgan fingerprint density at radius 2 is 1.83 bits per heavy atom. The highest BCUT2D eigenvalue weighted by Gasteiger charge is 2.35. The highest BCUT2D eigenvalue weighted by Crippen LogP contribution is 2.35. The van der Waals surface area contributed by atoms with E-state index in [1.165, 1.54) is 7.11 Å². The van der Waals surface area contributed by atoms with E-state index in [9.17, 15) is 14.4 Å². The molecule has 3 amide bonds. The van der Waals surface area contributed by atoms with E-state index in [0.29, 0.717) is 31.0 Å². The van der Waals surface area contributed by atoms with Crippen LogP contribution in [0.1, 0.15) is 43.4 Å². The van der Waals surface area contributed by atoms with Crippen molar-refractivity contribution in [2.24, 2.45) is 0 Å². The standard InChI is InChI=1S/C21H31N3O6/c1-5-6-8-22-21(27)23-19(25)13-24-9-7-14-10-17(28-2)18(29-3)11-15(14)16(24)12-20(26)30-4/h10-11,16H,5-9,12-13H2,1-4H3,(H2,22,23,25,27)/p+1/t16-/m1/s1. The minimum absolute atomic E-state index is 0.0661. The van der Waals surface area contributed by atoms with Gasteiger partial charge in [-0.2, -0.15) is 0 Å². The van der Waals surface area contributed by atoms with Crippen molar-refractivity contribution in [3.8, 4) is 11.5 Å². The van der Waals surface area contributed by atoms with Crippen LogP contribution in [0.25, 0.3) is 0 Å². The van der Waals surface area contributed by atoms with E-state index < -0.39 is 11.9 Å². The number of methoxy groups -OCH3 is 3. The fraction of sp³-hybridized carbons (Fsp3) is 0.571. The summed E-state index contributed by atoms with van der Waals surface area (Å²) in [5, 5.41) is 5.03. The average molecular weight is 423 g/mol. The molecule has 0 aliphatic carbocycles. The molecular weight excluding hydrogens is 390 g/mol. The first kappa shape index (κ1) is 23.5. The quantitative estimate of drug-likeness (QED) is 0.392. The molecule has 0 bridgehead atoms. The zero-order valence-corrected chi connectivity index (χ0v) is 18.1. The van der Waals surface area contributed by atoms with Gasteiger partial charge in [-0.15, -0.1) is 0 Å². The third-order valence-corrected chi connectivity index (χ3v) is 5.28. The van der Waals surface area contributed by atoms with Gasteiger partial charge in [0.2, 0.25) is 0 Å². The molecule has 1 aliphatic heterocycles. The lowest BCUT2D eigenvalue weighted by Gasteiger charge is -2.34. The number of ether oxygens (including phenoxy) is 3. The minimum Gasteiger partial charge on any atom is -0.493 e. The maximum absolute atomic E-state index is 12.4. The highest BCUT2D eigenvalue weighted by atomic mass is 16.5. The number of imide groups is 1. The summed E-state index contributed by atoms with van der Waals surface area (Å²) in [5.74, 6) is 0.431. The summed E-state index contributed by atoms with van der Waals surface area (Å²) in [6.45, 7) is 3.24. The average Bonchev–Trinajstić information content (AvgIpc) is 2.74. The number of quaternary nitrogens is 1. The molecular formula is C21H32N3O6+. The molecule has 0 saturated heterocycles. The van der Waals surface area contributed by atoms with Gasteiger partial charge >= 0.3 is 12.0 Å². The van der Waals surface area contributed by atoms with Gasteiger partial charge in [0.25, 0.3) is 5.91 Å². The Hall–Kier alpha value is -2.81. The van der Waals surface area contributed by atoms with E-state index in [0.717, 1.165) is 28.9 Å². The van der Waals surface area contributed by atoms with E-state index >= 15 is 0 Å². The molecule has 2 rings (SSSR count). The van der Waals surface area contributed by atoms with Gasteiger partial charge < -0.3 is 24.4 Å². The van der Waals surface area contributed by atoms with Crippen molar-refractivity contribution >= 4 is 17.9 Å². The normalized spacial score (nSPS) is 17.5. The van der Waals surface area contributed by atoms with Crippen molar-refractivity contribution in [3.05, 3.63) is 23.3 Å². The molecule has 0 spiro atoms. The third-order valence-electron chi connectivity index (χ3n) is 5.28. The minimum atomic E-state index is -0.499. The first-order valence-electron chi connectivity index (χ1n) is 10.2. The number of hydrogen-bond donors (Lipinski definition) is 3. The number of rotatable bonds is 9. The van der Waals surface area contributed by atoms with Crippen LogP contribution in [0.3, 0.4) is 0 Å². The molecule has 1 heterocycles. The lowest BCUT2D eigenvalue weighted by Crippen LogP contribution is -3.14. The molecule has 0 saturated carbocycles. The van der Waals surface area contributed by atoms with E-state index in [1.807, 2.05) is 19.1 Å². The first-order chi connectivity index (χ1) is 14.4. The number of carbonyl (C=O) groups is 3. The van der Waals surface area contributed by atoms with E-state index in [1.54, 1.807) is 14.2 Å². The molecule has 2 atom stereocenters. The number of amides is 3. The number of unbranched alkanes of at least 4 members (excludes halogenated alkanes) is 1. The van der Waals surface area contributed by atoms with Gasteiger partial charge in [-0.1, -0.05) is 13.3 Å². The molecule has 9 nitrogen and oxygen atoms in total.